The van der Waals surface area contributed by atoms with Crippen LogP contribution in [0.4, 0.5) is 5.69 Å². The van der Waals surface area contributed by atoms with E-state index in [1.165, 1.54) is 11.8 Å². The Morgan fingerprint density at radius 1 is 1.00 bits per heavy atom. The summed E-state index contributed by atoms with van der Waals surface area (Å²) >= 11 is 3.34. The minimum Gasteiger partial charge on any atom is -0.493 e. The van der Waals surface area contributed by atoms with Crippen LogP contribution in [0.1, 0.15) is 23.1 Å². The van der Waals surface area contributed by atoms with Gasteiger partial charge in [0.05, 0.1) is 19.0 Å². The van der Waals surface area contributed by atoms with Crippen LogP contribution in [0.3, 0.4) is 0 Å². The Hall–Kier alpha value is -3.65. The molecule has 0 aliphatic heterocycles. The number of ether oxygens (including phenoxy) is 2. The molecular weight excluding hydrogens is 486 g/mol. The van der Waals surface area contributed by atoms with E-state index in [4.69, 9.17) is 9.47 Å². The smallest absolute Gasteiger partial charge is 0.249 e. The molecule has 33 heavy (non-hydrogen) atoms. The predicted octanol–water partition coefficient (Wildman–Crippen LogP) is 4.82. The van der Waals surface area contributed by atoms with E-state index in [9.17, 15) is 9.59 Å². The second-order valence-electron chi connectivity index (χ2n) is 7.19. The molecule has 0 aliphatic carbocycles. The third-order valence-electron chi connectivity index (χ3n) is 4.54. The molecule has 0 saturated carbocycles. The first kappa shape index (κ1) is 24.0. The zero-order chi connectivity index (χ0) is 23.6. The van der Waals surface area contributed by atoms with Gasteiger partial charge in [-0.05, 0) is 64.3 Å². The number of anilines is 1. The van der Waals surface area contributed by atoms with Crippen LogP contribution in [-0.4, -0.2) is 25.1 Å². The van der Waals surface area contributed by atoms with Gasteiger partial charge >= 0.3 is 0 Å². The molecule has 2 amide bonds. The normalized spacial score (nSPS) is 10.6. The summed E-state index contributed by atoms with van der Waals surface area (Å²) in [5.74, 6) is 0.182. The fraction of sp³-hybridized carbons (Fsp3) is 0.160. The van der Waals surface area contributed by atoms with Gasteiger partial charge in [-0.25, -0.2) is 5.43 Å². The van der Waals surface area contributed by atoms with Crippen LogP contribution in [0.25, 0.3) is 0 Å². The highest BCUT2D eigenvalue weighted by Crippen LogP contribution is 2.28. The SMILES string of the molecule is COc1cc(C=NNC(=O)CC(=O)Nc2ccccc2Br)ccc1OCc1cccc(C)c1. The molecule has 0 heterocycles. The molecule has 0 fully saturated rings. The molecule has 0 atom stereocenters. The number of carbonyl (C=O) groups is 2. The molecule has 170 valence electrons. The zero-order valence-electron chi connectivity index (χ0n) is 18.3. The summed E-state index contributed by atoms with van der Waals surface area (Å²) < 4.78 is 12.0. The van der Waals surface area contributed by atoms with Gasteiger partial charge in [0, 0.05) is 4.47 Å². The first-order valence-corrected chi connectivity index (χ1v) is 11.0. The number of para-hydroxylation sites is 1. The van der Waals surface area contributed by atoms with E-state index in [-0.39, 0.29) is 6.42 Å². The van der Waals surface area contributed by atoms with Crippen LogP contribution in [0.15, 0.2) is 76.3 Å². The number of methoxy groups -OCH3 is 1. The Morgan fingerprint density at radius 2 is 1.82 bits per heavy atom. The summed E-state index contributed by atoms with van der Waals surface area (Å²) in [6.45, 7) is 2.45. The minimum absolute atomic E-state index is 0.353. The first-order chi connectivity index (χ1) is 15.9. The molecule has 0 aromatic heterocycles. The number of carbonyl (C=O) groups excluding carboxylic acids is 2. The van der Waals surface area contributed by atoms with Crippen molar-refractivity contribution in [2.24, 2.45) is 5.10 Å². The minimum atomic E-state index is -0.527. The van der Waals surface area contributed by atoms with Gasteiger partial charge in [0.1, 0.15) is 13.0 Å². The molecule has 0 aliphatic rings. The Bertz CT molecular complexity index is 1160. The Morgan fingerprint density at radius 3 is 2.58 bits per heavy atom. The summed E-state index contributed by atoms with van der Waals surface area (Å²) in [5.41, 5.74) is 5.88. The average Bonchev–Trinajstić information content (AvgIpc) is 2.79. The molecular formula is C25H24BrN3O4. The molecule has 0 bridgehead atoms. The molecule has 0 spiro atoms. The van der Waals surface area contributed by atoms with Gasteiger partial charge in [0.15, 0.2) is 11.5 Å². The molecule has 3 aromatic carbocycles. The molecule has 3 aromatic rings. The zero-order valence-corrected chi connectivity index (χ0v) is 19.9. The fourth-order valence-electron chi connectivity index (χ4n) is 2.97. The fourth-order valence-corrected chi connectivity index (χ4v) is 3.35. The summed E-state index contributed by atoms with van der Waals surface area (Å²) in [7, 11) is 1.56. The number of rotatable bonds is 9. The van der Waals surface area contributed by atoms with Crippen LogP contribution in [0.5, 0.6) is 11.5 Å². The van der Waals surface area contributed by atoms with E-state index in [0.29, 0.717) is 29.4 Å². The summed E-state index contributed by atoms with van der Waals surface area (Å²) in [6, 6.07) is 20.6. The molecule has 0 unspecified atom stereocenters. The van der Waals surface area contributed by atoms with Crippen LogP contribution in [-0.2, 0) is 16.2 Å². The van der Waals surface area contributed by atoms with Crippen LogP contribution in [0, 0.1) is 6.92 Å². The molecule has 2 N–H and O–H groups in total. The highest BCUT2D eigenvalue weighted by atomic mass is 79.9. The quantitative estimate of drug-likeness (QED) is 0.245. The Labute approximate surface area is 200 Å². The lowest BCUT2D eigenvalue weighted by atomic mass is 10.1. The summed E-state index contributed by atoms with van der Waals surface area (Å²) in [6.07, 6.45) is 1.12. The number of hydrogen-bond acceptors (Lipinski definition) is 5. The maximum absolute atomic E-state index is 12.0. The van der Waals surface area contributed by atoms with Crippen molar-refractivity contribution >= 4 is 39.6 Å². The largest absolute Gasteiger partial charge is 0.493 e. The molecule has 7 nitrogen and oxygen atoms in total. The number of aryl methyl sites for hydroxylation is 1. The van der Waals surface area contributed by atoms with Crippen molar-refractivity contribution in [1.29, 1.82) is 0 Å². The topological polar surface area (TPSA) is 89.0 Å². The molecule has 3 rings (SSSR count). The summed E-state index contributed by atoms with van der Waals surface area (Å²) in [5, 5.41) is 6.59. The number of benzene rings is 3. The van der Waals surface area contributed by atoms with E-state index in [1.54, 1.807) is 43.5 Å². The summed E-state index contributed by atoms with van der Waals surface area (Å²) in [4.78, 5) is 24.0. The first-order valence-electron chi connectivity index (χ1n) is 10.2. The average molecular weight is 510 g/mol. The Kier molecular flexibility index (Phi) is 8.60. The molecule has 0 radical (unpaired) electrons. The van der Waals surface area contributed by atoms with Crippen molar-refractivity contribution in [3.05, 3.63) is 87.9 Å². The van der Waals surface area contributed by atoms with Crippen LogP contribution < -0.4 is 20.2 Å². The van der Waals surface area contributed by atoms with Crippen LogP contribution in [0.2, 0.25) is 0 Å². The molecule has 8 heteroatoms. The van der Waals surface area contributed by atoms with Crippen molar-refractivity contribution in [3.63, 3.8) is 0 Å². The lowest BCUT2D eigenvalue weighted by Gasteiger charge is -2.11. The van der Waals surface area contributed by atoms with Gasteiger partial charge in [0.25, 0.3) is 0 Å². The van der Waals surface area contributed by atoms with E-state index >= 15 is 0 Å². The number of halogens is 1. The van der Waals surface area contributed by atoms with Gasteiger partial charge in [-0.3, -0.25) is 9.59 Å². The lowest BCUT2D eigenvalue weighted by molar-refractivity contribution is -0.126. The number of nitrogens with zero attached hydrogens (tertiary/aromatic N) is 1. The lowest BCUT2D eigenvalue weighted by Crippen LogP contribution is -2.24. The van der Waals surface area contributed by atoms with E-state index in [2.05, 4.69) is 37.8 Å². The highest BCUT2D eigenvalue weighted by Gasteiger charge is 2.10. The van der Waals surface area contributed by atoms with Gasteiger partial charge < -0.3 is 14.8 Å². The van der Waals surface area contributed by atoms with Crippen molar-refractivity contribution < 1.29 is 19.1 Å². The Balaban J connectivity index is 1.52. The molecule has 0 saturated heterocycles. The number of hydrogen-bond donors (Lipinski definition) is 2. The number of amides is 2. The maximum Gasteiger partial charge on any atom is 0.249 e. The standard InChI is InChI=1S/C25H24BrN3O4/c1-17-6-5-7-19(12-17)16-33-22-11-10-18(13-23(22)32-2)15-27-29-25(31)14-24(30)28-21-9-4-3-8-20(21)26/h3-13,15H,14,16H2,1-2H3,(H,28,30)(H,29,31). The van der Waals surface area contributed by atoms with Gasteiger partial charge in [-0.1, -0.05) is 42.0 Å². The second-order valence-corrected chi connectivity index (χ2v) is 8.04. The monoisotopic (exact) mass is 509 g/mol. The van der Waals surface area contributed by atoms with Crippen LogP contribution >= 0.6 is 15.9 Å². The van der Waals surface area contributed by atoms with Crippen molar-refractivity contribution in [1.82, 2.24) is 5.43 Å². The van der Waals surface area contributed by atoms with Gasteiger partial charge in [-0.15, -0.1) is 0 Å². The van der Waals surface area contributed by atoms with Gasteiger partial charge in [-0.2, -0.15) is 5.10 Å². The van der Waals surface area contributed by atoms with Crippen molar-refractivity contribution in [2.45, 2.75) is 20.0 Å². The highest BCUT2D eigenvalue weighted by molar-refractivity contribution is 9.10. The third-order valence-corrected chi connectivity index (χ3v) is 5.23. The third kappa shape index (κ3) is 7.47. The van der Waals surface area contributed by atoms with Crippen molar-refractivity contribution in [3.8, 4) is 11.5 Å². The van der Waals surface area contributed by atoms with E-state index in [1.807, 2.05) is 31.2 Å². The predicted molar refractivity (Wildman–Crippen MR) is 132 cm³/mol. The number of nitrogens with one attached hydrogen (secondary N) is 2. The maximum atomic E-state index is 12.0. The van der Waals surface area contributed by atoms with Gasteiger partial charge in [0.2, 0.25) is 11.8 Å². The number of hydrazone groups is 1. The van der Waals surface area contributed by atoms with E-state index < -0.39 is 11.8 Å². The van der Waals surface area contributed by atoms with Crippen molar-refractivity contribution in [2.75, 3.05) is 12.4 Å². The second kappa shape index (κ2) is 11.8. The van der Waals surface area contributed by atoms with E-state index in [0.717, 1.165) is 10.0 Å².